The SMILES string of the molecule is CCCn1ccnc1C(NC)c1cc(Cl)ccc1F. The first-order valence-electron chi connectivity index (χ1n) is 6.30. The molecule has 2 rings (SSSR count). The summed E-state index contributed by atoms with van der Waals surface area (Å²) in [5.74, 6) is 0.514. The van der Waals surface area contributed by atoms with Crippen molar-refractivity contribution in [2.24, 2.45) is 0 Å². The van der Waals surface area contributed by atoms with Gasteiger partial charge >= 0.3 is 0 Å². The van der Waals surface area contributed by atoms with E-state index in [2.05, 4.69) is 17.2 Å². The fourth-order valence-electron chi connectivity index (χ4n) is 2.17. The number of halogens is 2. The minimum absolute atomic E-state index is 0.283. The zero-order valence-corrected chi connectivity index (χ0v) is 11.8. The minimum atomic E-state index is -0.305. The van der Waals surface area contributed by atoms with Crippen LogP contribution in [-0.2, 0) is 6.54 Å². The highest BCUT2D eigenvalue weighted by Gasteiger charge is 2.20. The van der Waals surface area contributed by atoms with Gasteiger partial charge in [0.1, 0.15) is 11.6 Å². The van der Waals surface area contributed by atoms with Crippen LogP contribution in [0.3, 0.4) is 0 Å². The van der Waals surface area contributed by atoms with Crippen molar-refractivity contribution in [3.05, 3.63) is 52.8 Å². The summed E-state index contributed by atoms with van der Waals surface area (Å²) in [6.07, 6.45) is 4.64. The first kappa shape index (κ1) is 14.0. The predicted molar refractivity (Wildman–Crippen MR) is 74.8 cm³/mol. The third-order valence-electron chi connectivity index (χ3n) is 3.03. The molecule has 1 heterocycles. The van der Waals surface area contributed by atoms with Gasteiger partial charge in [-0.3, -0.25) is 0 Å². The molecule has 2 aromatic rings. The number of hydrogen-bond donors (Lipinski definition) is 1. The molecule has 1 aromatic carbocycles. The van der Waals surface area contributed by atoms with Crippen LogP contribution in [0.5, 0.6) is 0 Å². The molecule has 0 saturated carbocycles. The Morgan fingerprint density at radius 3 is 2.95 bits per heavy atom. The summed E-state index contributed by atoms with van der Waals surface area (Å²) in [5.41, 5.74) is 0.513. The molecule has 102 valence electrons. The van der Waals surface area contributed by atoms with Crippen LogP contribution < -0.4 is 5.32 Å². The molecule has 0 saturated heterocycles. The van der Waals surface area contributed by atoms with Crippen molar-refractivity contribution in [2.45, 2.75) is 25.9 Å². The highest BCUT2D eigenvalue weighted by molar-refractivity contribution is 6.30. The molecule has 0 fully saturated rings. The zero-order valence-electron chi connectivity index (χ0n) is 11.0. The average molecular weight is 282 g/mol. The Morgan fingerprint density at radius 1 is 1.47 bits per heavy atom. The van der Waals surface area contributed by atoms with Crippen LogP contribution in [0.2, 0.25) is 5.02 Å². The minimum Gasteiger partial charge on any atom is -0.333 e. The van der Waals surface area contributed by atoms with E-state index in [1.165, 1.54) is 6.07 Å². The number of rotatable bonds is 5. The zero-order chi connectivity index (χ0) is 13.8. The van der Waals surface area contributed by atoms with E-state index in [-0.39, 0.29) is 11.9 Å². The summed E-state index contributed by atoms with van der Waals surface area (Å²) in [6.45, 7) is 2.95. The maximum atomic E-state index is 14.0. The van der Waals surface area contributed by atoms with Crippen LogP contribution in [0.4, 0.5) is 4.39 Å². The maximum absolute atomic E-state index is 14.0. The fourth-order valence-corrected chi connectivity index (χ4v) is 2.35. The maximum Gasteiger partial charge on any atom is 0.130 e. The number of imidazole rings is 1. The summed E-state index contributed by atoms with van der Waals surface area (Å²) < 4.78 is 16.0. The lowest BCUT2D eigenvalue weighted by Gasteiger charge is -2.18. The van der Waals surface area contributed by atoms with Crippen molar-refractivity contribution < 1.29 is 4.39 Å². The molecule has 19 heavy (non-hydrogen) atoms. The Bertz CT molecular complexity index is 553. The van der Waals surface area contributed by atoms with Gasteiger partial charge in [-0.2, -0.15) is 0 Å². The van der Waals surface area contributed by atoms with Gasteiger partial charge in [0.2, 0.25) is 0 Å². The molecule has 5 heteroatoms. The van der Waals surface area contributed by atoms with Crippen LogP contribution in [0.25, 0.3) is 0 Å². The topological polar surface area (TPSA) is 29.9 Å². The van der Waals surface area contributed by atoms with E-state index in [0.717, 1.165) is 18.8 Å². The van der Waals surface area contributed by atoms with Gasteiger partial charge in [0.25, 0.3) is 0 Å². The molecule has 1 atom stereocenters. The van der Waals surface area contributed by atoms with Gasteiger partial charge in [0.15, 0.2) is 0 Å². The third kappa shape index (κ3) is 2.96. The van der Waals surface area contributed by atoms with Gasteiger partial charge in [-0.1, -0.05) is 18.5 Å². The van der Waals surface area contributed by atoms with E-state index >= 15 is 0 Å². The number of hydrogen-bond acceptors (Lipinski definition) is 2. The molecular weight excluding hydrogens is 265 g/mol. The monoisotopic (exact) mass is 281 g/mol. The van der Waals surface area contributed by atoms with Crippen molar-refractivity contribution in [3.63, 3.8) is 0 Å². The number of nitrogens with zero attached hydrogens (tertiary/aromatic N) is 2. The third-order valence-corrected chi connectivity index (χ3v) is 3.26. The predicted octanol–water partition coefficient (Wildman–Crippen LogP) is 3.39. The molecular formula is C14H17ClFN3. The normalized spacial score (nSPS) is 12.6. The van der Waals surface area contributed by atoms with Gasteiger partial charge in [0.05, 0.1) is 6.04 Å². The highest BCUT2D eigenvalue weighted by atomic mass is 35.5. The summed E-state index contributed by atoms with van der Waals surface area (Å²) in [7, 11) is 1.79. The second kappa shape index (κ2) is 6.17. The second-order valence-corrected chi connectivity index (χ2v) is 4.80. The molecule has 0 bridgehead atoms. The molecule has 0 aliphatic rings. The smallest absolute Gasteiger partial charge is 0.130 e. The molecule has 1 N–H and O–H groups in total. The molecule has 3 nitrogen and oxygen atoms in total. The van der Waals surface area contributed by atoms with E-state index in [1.54, 1.807) is 25.4 Å². The van der Waals surface area contributed by atoms with E-state index in [4.69, 9.17) is 11.6 Å². The summed E-state index contributed by atoms with van der Waals surface area (Å²) in [5, 5.41) is 3.62. The Labute approximate surface area is 117 Å². The lowest BCUT2D eigenvalue weighted by Crippen LogP contribution is -2.23. The van der Waals surface area contributed by atoms with Crippen molar-refractivity contribution in [1.82, 2.24) is 14.9 Å². The van der Waals surface area contributed by atoms with Crippen LogP contribution in [0, 0.1) is 5.82 Å². The largest absolute Gasteiger partial charge is 0.333 e. The quantitative estimate of drug-likeness (QED) is 0.910. The molecule has 0 spiro atoms. The Balaban J connectivity index is 2.44. The molecule has 1 aromatic heterocycles. The van der Waals surface area contributed by atoms with Crippen LogP contribution in [0.1, 0.15) is 30.8 Å². The van der Waals surface area contributed by atoms with Crippen molar-refractivity contribution >= 4 is 11.6 Å². The van der Waals surface area contributed by atoms with Crippen LogP contribution >= 0.6 is 11.6 Å². The van der Waals surface area contributed by atoms with Crippen molar-refractivity contribution in [1.29, 1.82) is 0 Å². The van der Waals surface area contributed by atoms with E-state index in [1.807, 2.05) is 10.8 Å². The summed E-state index contributed by atoms with van der Waals surface area (Å²) in [4.78, 5) is 4.34. The molecule has 1 unspecified atom stereocenters. The summed E-state index contributed by atoms with van der Waals surface area (Å²) >= 11 is 5.96. The number of nitrogens with one attached hydrogen (secondary N) is 1. The molecule has 0 radical (unpaired) electrons. The Morgan fingerprint density at radius 2 is 2.26 bits per heavy atom. The summed E-state index contributed by atoms with van der Waals surface area (Å²) in [6, 6.07) is 4.27. The van der Waals surface area contributed by atoms with E-state index in [0.29, 0.717) is 10.6 Å². The number of benzene rings is 1. The number of aromatic nitrogens is 2. The van der Waals surface area contributed by atoms with E-state index in [9.17, 15) is 4.39 Å². The van der Waals surface area contributed by atoms with Gasteiger partial charge in [0, 0.05) is 29.5 Å². The van der Waals surface area contributed by atoms with Gasteiger partial charge in [-0.15, -0.1) is 0 Å². The van der Waals surface area contributed by atoms with E-state index < -0.39 is 0 Å². The first-order chi connectivity index (χ1) is 9.17. The fraction of sp³-hybridized carbons (Fsp3) is 0.357. The average Bonchev–Trinajstić information content (AvgIpc) is 2.83. The second-order valence-electron chi connectivity index (χ2n) is 4.37. The lowest BCUT2D eigenvalue weighted by molar-refractivity contribution is 0.533. The lowest BCUT2D eigenvalue weighted by atomic mass is 10.1. The van der Waals surface area contributed by atoms with Gasteiger partial charge < -0.3 is 9.88 Å². The molecule has 0 amide bonds. The van der Waals surface area contributed by atoms with Gasteiger partial charge in [-0.05, 0) is 31.7 Å². The standard InChI is InChI=1S/C14H17ClFN3/c1-3-7-19-8-6-18-14(19)13(17-2)11-9-10(15)4-5-12(11)16/h4-6,8-9,13,17H,3,7H2,1-2H3. The van der Waals surface area contributed by atoms with Crippen molar-refractivity contribution in [3.8, 4) is 0 Å². The Kier molecular flexibility index (Phi) is 4.56. The molecule has 0 aliphatic carbocycles. The van der Waals surface area contributed by atoms with Crippen molar-refractivity contribution in [2.75, 3.05) is 7.05 Å². The van der Waals surface area contributed by atoms with Crippen LogP contribution in [0.15, 0.2) is 30.6 Å². The molecule has 0 aliphatic heterocycles. The van der Waals surface area contributed by atoms with Crippen LogP contribution in [-0.4, -0.2) is 16.6 Å². The van der Waals surface area contributed by atoms with Gasteiger partial charge in [-0.25, -0.2) is 9.37 Å². The highest BCUT2D eigenvalue weighted by Crippen LogP contribution is 2.26. The number of aryl methyl sites for hydroxylation is 1. The Hall–Kier alpha value is -1.39. The first-order valence-corrected chi connectivity index (χ1v) is 6.68.